The number of aromatic nitrogens is 2. The highest BCUT2D eigenvalue weighted by Gasteiger charge is 2.16. The van der Waals surface area contributed by atoms with Gasteiger partial charge in [-0.25, -0.2) is 9.78 Å². The van der Waals surface area contributed by atoms with Gasteiger partial charge in [-0.15, -0.1) is 10.2 Å². The van der Waals surface area contributed by atoms with E-state index in [1.54, 1.807) is 40.9 Å². The number of carboxylic acid groups (broad SMARTS) is 1. The maximum absolute atomic E-state index is 11.3. The van der Waals surface area contributed by atoms with Gasteiger partial charge in [-0.2, -0.15) is 0 Å². The Labute approximate surface area is 144 Å². The Kier molecular flexibility index (Phi) is 4.58. The van der Waals surface area contributed by atoms with Gasteiger partial charge in [-0.1, -0.05) is 26.0 Å². The normalized spacial score (nSPS) is 11.7. The van der Waals surface area contributed by atoms with Gasteiger partial charge in [0.15, 0.2) is 5.82 Å². The molecule has 0 unspecified atom stereocenters. The summed E-state index contributed by atoms with van der Waals surface area (Å²) < 4.78 is 1.78. The van der Waals surface area contributed by atoms with Crippen molar-refractivity contribution in [1.82, 2.24) is 9.38 Å². The molecule has 0 radical (unpaired) electrons. The van der Waals surface area contributed by atoms with Crippen LogP contribution < -0.4 is 0 Å². The first kappa shape index (κ1) is 16.8. The van der Waals surface area contributed by atoms with Gasteiger partial charge in [-0.05, 0) is 35.7 Å². The van der Waals surface area contributed by atoms with Crippen LogP contribution in [-0.2, 0) is 6.61 Å². The summed E-state index contributed by atoms with van der Waals surface area (Å²) in [7, 11) is 0. The highest BCUT2D eigenvalue weighted by molar-refractivity contribution is 5.93. The molecule has 25 heavy (non-hydrogen) atoms. The van der Waals surface area contributed by atoms with Crippen molar-refractivity contribution < 1.29 is 15.0 Å². The second kappa shape index (κ2) is 6.82. The molecule has 2 N–H and O–H groups in total. The van der Waals surface area contributed by atoms with Crippen molar-refractivity contribution in [2.75, 3.05) is 0 Å². The number of fused-ring (bicyclic) bond motifs is 1. The number of hydrogen-bond acceptors (Lipinski definition) is 5. The lowest BCUT2D eigenvalue weighted by molar-refractivity contribution is 0.0697. The van der Waals surface area contributed by atoms with E-state index in [0.29, 0.717) is 11.5 Å². The molecular formula is C18H18N4O3. The molecule has 3 aromatic rings. The predicted octanol–water partition coefficient (Wildman–Crippen LogP) is 4.06. The molecule has 0 aliphatic carbocycles. The third-order valence-corrected chi connectivity index (χ3v) is 3.81. The van der Waals surface area contributed by atoms with Crippen LogP contribution in [-0.4, -0.2) is 25.6 Å². The Morgan fingerprint density at radius 3 is 2.68 bits per heavy atom. The number of imidazole rings is 1. The van der Waals surface area contributed by atoms with E-state index in [0.717, 1.165) is 11.3 Å². The molecule has 0 aliphatic rings. The Balaban J connectivity index is 2.12. The zero-order valence-electron chi connectivity index (χ0n) is 13.9. The van der Waals surface area contributed by atoms with Gasteiger partial charge in [0.25, 0.3) is 0 Å². The SMILES string of the molecule is CC(C)c1nc2cc(CO)ccn2c1N=Nc1ccccc1C(=O)O. The molecular weight excluding hydrogens is 320 g/mol. The van der Waals surface area contributed by atoms with Crippen molar-refractivity contribution in [3.8, 4) is 0 Å². The van der Waals surface area contributed by atoms with Crippen molar-refractivity contribution in [3.63, 3.8) is 0 Å². The number of aliphatic hydroxyl groups is 1. The summed E-state index contributed by atoms with van der Waals surface area (Å²) in [5.74, 6) is -0.389. The average Bonchev–Trinajstić information content (AvgIpc) is 2.98. The summed E-state index contributed by atoms with van der Waals surface area (Å²) in [5, 5.41) is 27.0. The van der Waals surface area contributed by atoms with Crippen molar-refractivity contribution in [2.24, 2.45) is 10.2 Å². The molecule has 2 aromatic heterocycles. The smallest absolute Gasteiger partial charge is 0.337 e. The first-order valence-corrected chi connectivity index (χ1v) is 7.87. The van der Waals surface area contributed by atoms with Crippen LogP contribution in [0.15, 0.2) is 52.8 Å². The predicted molar refractivity (Wildman–Crippen MR) is 92.8 cm³/mol. The summed E-state index contributed by atoms with van der Waals surface area (Å²) in [6, 6.07) is 10.0. The quantitative estimate of drug-likeness (QED) is 0.685. The van der Waals surface area contributed by atoms with Gasteiger partial charge in [0.1, 0.15) is 11.3 Å². The second-order valence-corrected chi connectivity index (χ2v) is 5.92. The third kappa shape index (κ3) is 3.27. The molecule has 7 heteroatoms. The molecule has 0 saturated carbocycles. The summed E-state index contributed by atoms with van der Waals surface area (Å²) in [6.07, 6.45) is 1.78. The Bertz CT molecular complexity index is 960. The number of carboxylic acids is 1. The maximum atomic E-state index is 11.3. The second-order valence-electron chi connectivity index (χ2n) is 5.92. The van der Waals surface area contributed by atoms with Gasteiger partial charge in [0, 0.05) is 6.20 Å². The van der Waals surface area contributed by atoms with Gasteiger partial charge >= 0.3 is 5.97 Å². The third-order valence-electron chi connectivity index (χ3n) is 3.81. The largest absolute Gasteiger partial charge is 0.478 e. The van der Waals surface area contributed by atoms with Crippen LogP contribution in [0.1, 0.15) is 41.4 Å². The molecule has 3 rings (SSSR count). The number of carbonyl (C=O) groups is 1. The highest BCUT2D eigenvalue weighted by Crippen LogP contribution is 2.30. The summed E-state index contributed by atoms with van der Waals surface area (Å²) >= 11 is 0. The Hall–Kier alpha value is -3.06. The van der Waals surface area contributed by atoms with E-state index >= 15 is 0 Å². The minimum absolute atomic E-state index is 0.0663. The molecule has 0 bridgehead atoms. The lowest BCUT2D eigenvalue weighted by Gasteiger charge is -2.03. The topological polar surface area (TPSA) is 99.5 Å². The van der Waals surface area contributed by atoms with E-state index in [-0.39, 0.29) is 23.8 Å². The molecule has 0 spiro atoms. The van der Waals surface area contributed by atoms with Crippen LogP contribution in [0.2, 0.25) is 0 Å². The van der Waals surface area contributed by atoms with E-state index in [2.05, 4.69) is 15.2 Å². The van der Waals surface area contributed by atoms with E-state index in [1.165, 1.54) is 6.07 Å². The molecule has 128 valence electrons. The van der Waals surface area contributed by atoms with Crippen LogP contribution in [0, 0.1) is 0 Å². The molecule has 1 aromatic carbocycles. The number of azo groups is 1. The fourth-order valence-corrected chi connectivity index (χ4v) is 2.52. The summed E-state index contributed by atoms with van der Waals surface area (Å²) in [6.45, 7) is 3.93. The number of aromatic carboxylic acids is 1. The summed E-state index contributed by atoms with van der Waals surface area (Å²) in [5.41, 5.74) is 2.55. The monoisotopic (exact) mass is 338 g/mol. The number of benzene rings is 1. The van der Waals surface area contributed by atoms with Gasteiger partial charge < -0.3 is 10.2 Å². The highest BCUT2D eigenvalue weighted by atomic mass is 16.4. The average molecular weight is 338 g/mol. The Morgan fingerprint density at radius 2 is 2.00 bits per heavy atom. The first-order valence-electron chi connectivity index (χ1n) is 7.87. The molecule has 7 nitrogen and oxygen atoms in total. The Morgan fingerprint density at radius 1 is 1.24 bits per heavy atom. The van der Waals surface area contributed by atoms with Gasteiger partial charge in [0.05, 0.1) is 17.9 Å². The molecule has 0 amide bonds. The van der Waals surface area contributed by atoms with Crippen molar-refractivity contribution in [1.29, 1.82) is 0 Å². The van der Waals surface area contributed by atoms with Crippen molar-refractivity contribution >= 4 is 23.1 Å². The number of pyridine rings is 1. The van der Waals surface area contributed by atoms with E-state index in [4.69, 9.17) is 0 Å². The lowest BCUT2D eigenvalue weighted by Crippen LogP contribution is -1.95. The fraction of sp³-hybridized carbons (Fsp3) is 0.222. The minimum Gasteiger partial charge on any atom is -0.478 e. The van der Waals surface area contributed by atoms with Crippen LogP contribution >= 0.6 is 0 Å². The number of nitrogens with zero attached hydrogens (tertiary/aromatic N) is 4. The molecule has 0 atom stereocenters. The van der Waals surface area contributed by atoms with Crippen molar-refractivity contribution in [2.45, 2.75) is 26.4 Å². The number of rotatable bonds is 5. The van der Waals surface area contributed by atoms with Crippen molar-refractivity contribution in [3.05, 3.63) is 59.4 Å². The van der Waals surface area contributed by atoms with Crippen LogP contribution in [0.4, 0.5) is 11.5 Å². The number of aliphatic hydroxyl groups excluding tert-OH is 1. The minimum atomic E-state index is -1.05. The zero-order valence-corrected chi connectivity index (χ0v) is 13.9. The summed E-state index contributed by atoms with van der Waals surface area (Å²) in [4.78, 5) is 15.9. The zero-order chi connectivity index (χ0) is 18.0. The van der Waals surface area contributed by atoms with E-state index in [9.17, 15) is 15.0 Å². The van der Waals surface area contributed by atoms with Gasteiger partial charge in [-0.3, -0.25) is 4.40 Å². The van der Waals surface area contributed by atoms with Crippen LogP contribution in [0.25, 0.3) is 5.65 Å². The van der Waals surface area contributed by atoms with E-state index < -0.39 is 5.97 Å². The van der Waals surface area contributed by atoms with Crippen LogP contribution in [0.3, 0.4) is 0 Å². The standard InChI is InChI=1S/C18H18N4O3/c1-11(2)16-17(22-8-7-12(10-23)9-15(22)19-16)21-20-14-6-4-3-5-13(14)18(24)25/h3-9,11,23H,10H2,1-2H3,(H,24,25). The first-order chi connectivity index (χ1) is 12.0. The molecule has 0 fully saturated rings. The number of hydrogen-bond donors (Lipinski definition) is 2. The molecule has 0 aliphatic heterocycles. The lowest BCUT2D eigenvalue weighted by atomic mass is 10.1. The van der Waals surface area contributed by atoms with Gasteiger partial charge in [0.2, 0.25) is 0 Å². The maximum Gasteiger partial charge on any atom is 0.337 e. The van der Waals surface area contributed by atoms with E-state index in [1.807, 2.05) is 13.8 Å². The molecule has 2 heterocycles. The van der Waals surface area contributed by atoms with Crippen LogP contribution in [0.5, 0.6) is 0 Å². The molecule has 0 saturated heterocycles. The fourth-order valence-electron chi connectivity index (χ4n) is 2.52.